The lowest BCUT2D eigenvalue weighted by atomic mass is 9.86. The minimum absolute atomic E-state index is 0.0514. The number of nitrogens with one attached hydrogen (secondary N) is 1. The van der Waals surface area contributed by atoms with E-state index in [0.717, 1.165) is 57.4 Å². The minimum Gasteiger partial charge on any atom is -0.353 e. The summed E-state index contributed by atoms with van der Waals surface area (Å²) >= 11 is 0. The molecule has 0 spiro atoms. The molecule has 4 rings (SSSR count). The van der Waals surface area contributed by atoms with Crippen molar-refractivity contribution >= 4 is 17.6 Å². The minimum atomic E-state index is -0.0514. The van der Waals surface area contributed by atoms with Crippen LogP contribution in [0, 0.1) is 11.8 Å². The van der Waals surface area contributed by atoms with Crippen molar-refractivity contribution in [3.05, 3.63) is 18.3 Å². The first-order chi connectivity index (χ1) is 13.2. The number of carbonyl (C=O) groups is 2. The van der Waals surface area contributed by atoms with Gasteiger partial charge in [-0.15, -0.1) is 5.10 Å². The maximum absolute atomic E-state index is 12.6. The third-order valence-electron chi connectivity index (χ3n) is 6.17. The monoisotopic (exact) mass is 371 g/mol. The first-order valence-electron chi connectivity index (χ1n) is 10.3. The van der Waals surface area contributed by atoms with Gasteiger partial charge in [0.15, 0.2) is 5.82 Å². The Kier molecular flexibility index (Phi) is 5.55. The van der Waals surface area contributed by atoms with Crippen molar-refractivity contribution in [2.75, 3.05) is 31.1 Å². The Bertz CT molecular complexity index is 656. The van der Waals surface area contributed by atoms with Crippen LogP contribution in [-0.2, 0) is 9.59 Å². The van der Waals surface area contributed by atoms with Gasteiger partial charge in [-0.3, -0.25) is 9.59 Å². The first-order valence-corrected chi connectivity index (χ1v) is 10.3. The molecular weight excluding hydrogens is 342 g/mol. The summed E-state index contributed by atoms with van der Waals surface area (Å²) in [6, 6.07) is 3.98. The molecule has 1 aromatic heterocycles. The average molecular weight is 371 g/mol. The SMILES string of the molecule is O=C(NC1CCCN(c2cccnn2)C1)C1CN(C(=O)C2CCCCC2)C1. The van der Waals surface area contributed by atoms with E-state index < -0.39 is 0 Å². The summed E-state index contributed by atoms with van der Waals surface area (Å²) in [5.74, 6) is 1.37. The molecule has 1 saturated carbocycles. The van der Waals surface area contributed by atoms with Crippen LogP contribution in [0.3, 0.4) is 0 Å². The average Bonchev–Trinajstić information content (AvgIpc) is 2.68. The molecule has 3 heterocycles. The van der Waals surface area contributed by atoms with E-state index in [1.807, 2.05) is 17.0 Å². The molecule has 3 fully saturated rings. The van der Waals surface area contributed by atoms with Gasteiger partial charge < -0.3 is 15.1 Å². The van der Waals surface area contributed by atoms with Gasteiger partial charge in [-0.1, -0.05) is 19.3 Å². The smallest absolute Gasteiger partial charge is 0.226 e. The molecule has 3 aliphatic rings. The Labute approximate surface area is 160 Å². The molecule has 0 radical (unpaired) electrons. The number of anilines is 1. The van der Waals surface area contributed by atoms with Crippen LogP contribution in [0.15, 0.2) is 18.3 Å². The summed E-state index contributed by atoms with van der Waals surface area (Å²) in [7, 11) is 0. The maximum Gasteiger partial charge on any atom is 0.226 e. The number of carbonyl (C=O) groups excluding carboxylic acids is 2. The summed E-state index contributed by atoms with van der Waals surface area (Å²) in [6.45, 7) is 2.88. The molecule has 7 heteroatoms. The predicted octanol–water partition coefficient (Wildman–Crippen LogP) is 1.60. The van der Waals surface area contributed by atoms with E-state index in [-0.39, 0.29) is 29.7 Å². The number of aromatic nitrogens is 2. The summed E-state index contributed by atoms with van der Waals surface area (Å²) in [4.78, 5) is 29.2. The van der Waals surface area contributed by atoms with Gasteiger partial charge in [0.05, 0.1) is 5.92 Å². The fraction of sp³-hybridized carbons (Fsp3) is 0.700. The summed E-state index contributed by atoms with van der Waals surface area (Å²) in [5, 5.41) is 11.3. The van der Waals surface area contributed by atoms with E-state index in [1.165, 1.54) is 6.42 Å². The van der Waals surface area contributed by atoms with E-state index in [1.54, 1.807) is 6.20 Å². The zero-order valence-electron chi connectivity index (χ0n) is 15.8. The van der Waals surface area contributed by atoms with E-state index >= 15 is 0 Å². The molecule has 1 aromatic rings. The number of hydrogen-bond acceptors (Lipinski definition) is 5. The van der Waals surface area contributed by atoms with Gasteiger partial charge in [0.2, 0.25) is 11.8 Å². The third-order valence-corrected chi connectivity index (χ3v) is 6.17. The van der Waals surface area contributed by atoms with Crippen LogP contribution in [0.2, 0.25) is 0 Å². The van der Waals surface area contributed by atoms with Crippen molar-refractivity contribution in [2.24, 2.45) is 11.8 Å². The Morgan fingerprint density at radius 2 is 1.81 bits per heavy atom. The molecule has 7 nitrogen and oxygen atoms in total. The van der Waals surface area contributed by atoms with Gasteiger partial charge in [-0.05, 0) is 37.8 Å². The lowest BCUT2D eigenvalue weighted by Gasteiger charge is -2.42. The molecule has 1 unspecified atom stereocenters. The highest BCUT2D eigenvalue weighted by Crippen LogP contribution is 2.28. The van der Waals surface area contributed by atoms with Crippen molar-refractivity contribution in [2.45, 2.75) is 51.0 Å². The Morgan fingerprint density at radius 1 is 1.00 bits per heavy atom. The summed E-state index contributed by atoms with van der Waals surface area (Å²) in [5.41, 5.74) is 0. The van der Waals surface area contributed by atoms with Gasteiger partial charge in [0, 0.05) is 44.3 Å². The van der Waals surface area contributed by atoms with Crippen molar-refractivity contribution in [1.82, 2.24) is 20.4 Å². The Morgan fingerprint density at radius 3 is 2.56 bits per heavy atom. The maximum atomic E-state index is 12.6. The molecule has 1 atom stereocenters. The van der Waals surface area contributed by atoms with Crippen molar-refractivity contribution in [1.29, 1.82) is 0 Å². The van der Waals surface area contributed by atoms with Crippen LogP contribution in [0.4, 0.5) is 5.82 Å². The van der Waals surface area contributed by atoms with Crippen molar-refractivity contribution in [3.63, 3.8) is 0 Å². The molecule has 146 valence electrons. The molecule has 27 heavy (non-hydrogen) atoms. The number of amides is 2. The Balaban J connectivity index is 1.23. The molecule has 2 amide bonds. The van der Waals surface area contributed by atoms with E-state index in [9.17, 15) is 9.59 Å². The van der Waals surface area contributed by atoms with Crippen LogP contribution in [0.1, 0.15) is 44.9 Å². The highest BCUT2D eigenvalue weighted by Gasteiger charge is 2.39. The van der Waals surface area contributed by atoms with Crippen molar-refractivity contribution in [3.8, 4) is 0 Å². The quantitative estimate of drug-likeness (QED) is 0.870. The highest BCUT2D eigenvalue weighted by molar-refractivity contribution is 5.85. The zero-order valence-corrected chi connectivity index (χ0v) is 15.8. The van der Waals surface area contributed by atoms with Crippen LogP contribution in [0.25, 0.3) is 0 Å². The highest BCUT2D eigenvalue weighted by atomic mass is 16.2. The number of piperidine rings is 1. The second-order valence-electron chi connectivity index (χ2n) is 8.15. The predicted molar refractivity (Wildman–Crippen MR) is 102 cm³/mol. The zero-order chi connectivity index (χ0) is 18.6. The number of hydrogen-bond donors (Lipinski definition) is 1. The van der Waals surface area contributed by atoms with Crippen LogP contribution in [-0.4, -0.2) is 59.1 Å². The Hall–Kier alpha value is -2.18. The molecule has 0 aromatic carbocycles. The third kappa shape index (κ3) is 4.22. The fourth-order valence-corrected chi connectivity index (χ4v) is 4.52. The lowest BCUT2D eigenvalue weighted by Crippen LogP contribution is -2.59. The standard InChI is InChI=1S/C20H29N5O2/c26-19(16-12-25(13-16)20(27)15-6-2-1-3-7-15)22-17-8-5-11-24(14-17)18-9-4-10-21-23-18/h4,9-10,15-17H,1-3,5-8,11-14H2,(H,22,26). The molecule has 1 aliphatic carbocycles. The van der Waals surface area contributed by atoms with Crippen LogP contribution in [0.5, 0.6) is 0 Å². The van der Waals surface area contributed by atoms with Gasteiger partial charge >= 0.3 is 0 Å². The van der Waals surface area contributed by atoms with Crippen LogP contribution < -0.4 is 10.2 Å². The number of rotatable bonds is 4. The first kappa shape index (κ1) is 18.2. The van der Waals surface area contributed by atoms with Crippen molar-refractivity contribution < 1.29 is 9.59 Å². The van der Waals surface area contributed by atoms with Crippen LogP contribution >= 0.6 is 0 Å². The van der Waals surface area contributed by atoms with E-state index in [4.69, 9.17) is 0 Å². The largest absolute Gasteiger partial charge is 0.353 e. The van der Waals surface area contributed by atoms with Gasteiger partial charge in [0.1, 0.15) is 0 Å². The van der Waals surface area contributed by atoms with Gasteiger partial charge in [-0.25, -0.2) is 0 Å². The van der Waals surface area contributed by atoms with Gasteiger partial charge in [0.25, 0.3) is 0 Å². The van der Waals surface area contributed by atoms with Gasteiger partial charge in [-0.2, -0.15) is 5.10 Å². The molecule has 2 saturated heterocycles. The summed E-state index contributed by atoms with van der Waals surface area (Å²) in [6.07, 6.45) is 9.30. The van der Waals surface area contributed by atoms with E-state index in [0.29, 0.717) is 13.1 Å². The number of likely N-dealkylation sites (tertiary alicyclic amines) is 1. The molecule has 2 aliphatic heterocycles. The topological polar surface area (TPSA) is 78.4 Å². The molecule has 1 N–H and O–H groups in total. The van der Waals surface area contributed by atoms with E-state index in [2.05, 4.69) is 20.4 Å². The number of nitrogens with zero attached hydrogens (tertiary/aromatic N) is 4. The molecular formula is C20H29N5O2. The summed E-state index contributed by atoms with van der Waals surface area (Å²) < 4.78 is 0. The second kappa shape index (κ2) is 8.23. The fourth-order valence-electron chi connectivity index (χ4n) is 4.52. The normalized spacial score (nSPS) is 24.4. The molecule has 0 bridgehead atoms. The second-order valence-corrected chi connectivity index (χ2v) is 8.15. The lowest BCUT2D eigenvalue weighted by molar-refractivity contribution is -0.147.